The number of hydrogen-bond acceptors (Lipinski definition) is 4. The van der Waals surface area contributed by atoms with E-state index in [1.807, 2.05) is 19.1 Å². The quantitative estimate of drug-likeness (QED) is 0.721. The molecule has 2 rings (SSSR count). The van der Waals surface area contributed by atoms with E-state index >= 15 is 0 Å². The molecule has 14 heavy (non-hydrogen) atoms. The molecular formula is C10H12O4. The van der Waals surface area contributed by atoms with Crippen LogP contribution in [-0.4, -0.2) is 20.7 Å². The Balaban J connectivity index is 2.41. The summed E-state index contributed by atoms with van der Waals surface area (Å²) in [5, 5.41) is 0. The molecule has 0 fully saturated rings. The largest absolute Gasteiger partial charge is 0.492 e. The molecular weight excluding hydrogens is 184 g/mol. The Labute approximate surface area is 82.3 Å². The van der Waals surface area contributed by atoms with Crippen LogP contribution in [0.3, 0.4) is 0 Å². The predicted molar refractivity (Wildman–Crippen MR) is 49.8 cm³/mol. The molecule has 76 valence electrons. The lowest BCUT2D eigenvalue weighted by atomic mass is 10.2. The van der Waals surface area contributed by atoms with Gasteiger partial charge in [-0.25, -0.2) is 0 Å². The average Bonchev–Trinajstić information content (AvgIpc) is 2.60. The zero-order valence-electron chi connectivity index (χ0n) is 8.37. The topological polar surface area (TPSA) is 36.9 Å². The molecule has 0 saturated carbocycles. The van der Waals surface area contributed by atoms with Crippen LogP contribution in [-0.2, 0) is 4.74 Å². The third-order valence-corrected chi connectivity index (χ3v) is 2.11. The Hall–Kier alpha value is -1.42. The van der Waals surface area contributed by atoms with Crippen LogP contribution < -0.4 is 14.2 Å². The van der Waals surface area contributed by atoms with E-state index in [9.17, 15) is 0 Å². The van der Waals surface area contributed by atoms with Crippen molar-refractivity contribution in [3.63, 3.8) is 0 Å². The summed E-state index contributed by atoms with van der Waals surface area (Å²) in [6.45, 7) is 1.28. The monoisotopic (exact) mass is 196 g/mol. The molecule has 0 amide bonds. The van der Waals surface area contributed by atoms with Crippen LogP contribution in [0.5, 0.6) is 17.2 Å². The van der Waals surface area contributed by atoms with E-state index in [4.69, 9.17) is 18.9 Å². The van der Waals surface area contributed by atoms with Crippen molar-refractivity contribution >= 4 is 0 Å². The van der Waals surface area contributed by atoms with E-state index in [1.54, 1.807) is 7.11 Å². The second-order valence-corrected chi connectivity index (χ2v) is 3.00. The van der Waals surface area contributed by atoms with E-state index in [-0.39, 0.29) is 0 Å². The first-order valence-electron chi connectivity index (χ1n) is 4.30. The smallest absolute Gasteiger partial charge is 0.361 e. The molecule has 0 spiro atoms. The fourth-order valence-electron chi connectivity index (χ4n) is 1.42. The Morgan fingerprint density at radius 1 is 1.21 bits per heavy atom. The van der Waals surface area contributed by atoms with Crippen LogP contribution in [0.25, 0.3) is 0 Å². The van der Waals surface area contributed by atoms with Crippen LogP contribution in [0.4, 0.5) is 0 Å². The third kappa shape index (κ3) is 1.28. The summed E-state index contributed by atoms with van der Waals surface area (Å²) < 4.78 is 20.9. The molecule has 0 radical (unpaired) electrons. The molecule has 0 aromatic heterocycles. The zero-order chi connectivity index (χ0) is 10.1. The van der Waals surface area contributed by atoms with E-state index in [1.165, 1.54) is 7.11 Å². The highest BCUT2D eigenvalue weighted by molar-refractivity contribution is 5.56. The Bertz CT molecular complexity index is 348. The molecule has 1 aliphatic rings. The van der Waals surface area contributed by atoms with Gasteiger partial charge in [-0.15, -0.1) is 0 Å². The Kier molecular flexibility index (Phi) is 2.21. The molecule has 1 aliphatic heterocycles. The van der Waals surface area contributed by atoms with Crippen molar-refractivity contribution in [1.29, 1.82) is 0 Å². The maximum absolute atomic E-state index is 5.39. The number of methoxy groups -OCH3 is 2. The highest BCUT2D eigenvalue weighted by Crippen LogP contribution is 2.44. The van der Waals surface area contributed by atoms with E-state index in [2.05, 4.69) is 0 Å². The molecule has 0 saturated heterocycles. The first-order chi connectivity index (χ1) is 6.76. The maximum atomic E-state index is 5.39. The second-order valence-electron chi connectivity index (χ2n) is 3.00. The van der Waals surface area contributed by atoms with Crippen molar-refractivity contribution in [2.45, 2.75) is 13.4 Å². The first-order valence-corrected chi connectivity index (χ1v) is 4.30. The molecule has 1 atom stereocenters. The van der Waals surface area contributed by atoms with Crippen molar-refractivity contribution in [2.75, 3.05) is 14.2 Å². The van der Waals surface area contributed by atoms with Crippen molar-refractivity contribution < 1.29 is 18.9 Å². The predicted octanol–water partition coefficient (Wildman–Crippen LogP) is 1.70. The van der Waals surface area contributed by atoms with Crippen LogP contribution in [0, 0.1) is 6.92 Å². The van der Waals surface area contributed by atoms with Gasteiger partial charge in [0.15, 0.2) is 11.5 Å². The molecule has 1 heterocycles. The summed E-state index contributed by atoms with van der Waals surface area (Å²) in [6.07, 6.45) is 0. The van der Waals surface area contributed by atoms with Gasteiger partial charge in [0.1, 0.15) is 0 Å². The number of aryl methyl sites for hydroxylation is 1. The molecule has 0 bridgehead atoms. The Morgan fingerprint density at radius 2 is 2.00 bits per heavy atom. The number of hydrogen-bond donors (Lipinski definition) is 0. The minimum atomic E-state index is -0.666. The van der Waals surface area contributed by atoms with Gasteiger partial charge in [0, 0.05) is 7.11 Å². The van der Waals surface area contributed by atoms with Gasteiger partial charge in [-0.2, -0.15) is 0 Å². The summed E-state index contributed by atoms with van der Waals surface area (Å²) in [6, 6.07) is 3.76. The van der Waals surface area contributed by atoms with Crippen LogP contribution in [0.15, 0.2) is 12.1 Å². The average molecular weight is 196 g/mol. The molecule has 1 aromatic carbocycles. The maximum Gasteiger partial charge on any atom is 0.361 e. The van der Waals surface area contributed by atoms with Crippen molar-refractivity contribution in [3.8, 4) is 17.2 Å². The molecule has 1 aromatic rings. The van der Waals surface area contributed by atoms with Crippen LogP contribution in [0.1, 0.15) is 5.56 Å². The lowest BCUT2D eigenvalue weighted by Crippen LogP contribution is -2.19. The fraction of sp³-hybridized carbons (Fsp3) is 0.400. The van der Waals surface area contributed by atoms with Crippen molar-refractivity contribution in [3.05, 3.63) is 17.7 Å². The summed E-state index contributed by atoms with van der Waals surface area (Å²) in [5.41, 5.74) is 1.01. The van der Waals surface area contributed by atoms with Gasteiger partial charge in [-0.3, -0.25) is 0 Å². The third-order valence-electron chi connectivity index (χ3n) is 2.11. The van der Waals surface area contributed by atoms with Gasteiger partial charge in [0.25, 0.3) is 0 Å². The van der Waals surface area contributed by atoms with Crippen molar-refractivity contribution in [1.82, 2.24) is 0 Å². The van der Waals surface area contributed by atoms with Crippen LogP contribution >= 0.6 is 0 Å². The van der Waals surface area contributed by atoms with Crippen LogP contribution in [0.2, 0.25) is 0 Å². The highest BCUT2D eigenvalue weighted by Gasteiger charge is 2.28. The van der Waals surface area contributed by atoms with E-state index < -0.39 is 6.48 Å². The SMILES string of the molecule is COc1c(C)ccc2c1OC(OC)O2. The van der Waals surface area contributed by atoms with Gasteiger partial charge < -0.3 is 18.9 Å². The second kappa shape index (κ2) is 3.38. The summed E-state index contributed by atoms with van der Waals surface area (Å²) in [4.78, 5) is 0. The highest BCUT2D eigenvalue weighted by atomic mass is 16.9. The molecule has 0 N–H and O–H groups in total. The number of fused-ring (bicyclic) bond motifs is 1. The zero-order valence-corrected chi connectivity index (χ0v) is 8.37. The minimum absolute atomic E-state index is 0.611. The fourth-order valence-corrected chi connectivity index (χ4v) is 1.42. The minimum Gasteiger partial charge on any atom is -0.492 e. The molecule has 0 aliphatic carbocycles. The van der Waals surface area contributed by atoms with Crippen molar-refractivity contribution in [2.24, 2.45) is 0 Å². The summed E-state index contributed by atoms with van der Waals surface area (Å²) in [7, 11) is 3.13. The van der Waals surface area contributed by atoms with Gasteiger partial charge in [0.05, 0.1) is 7.11 Å². The van der Waals surface area contributed by atoms with Gasteiger partial charge in [0.2, 0.25) is 5.75 Å². The number of benzene rings is 1. The normalized spacial score (nSPS) is 18.4. The van der Waals surface area contributed by atoms with E-state index in [0.29, 0.717) is 17.2 Å². The lowest BCUT2D eigenvalue weighted by Gasteiger charge is -2.08. The first kappa shape index (κ1) is 9.15. The van der Waals surface area contributed by atoms with Gasteiger partial charge in [-0.1, -0.05) is 6.07 Å². The molecule has 4 nitrogen and oxygen atoms in total. The van der Waals surface area contributed by atoms with E-state index in [0.717, 1.165) is 5.56 Å². The Morgan fingerprint density at radius 3 is 2.64 bits per heavy atom. The molecule has 1 unspecified atom stereocenters. The van der Waals surface area contributed by atoms with Gasteiger partial charge in [-0.05, 0) is 18.6 Å². The number of ether oxygens (including phenoxy) is 4. The van der Waals surface area contributed by atoms with Gasteiger partial charge >= 0.3 is 6.48 Å². The molecule has 4 heteroatoms. The standard InChI is InChI=1S/C10H12O4/c1-6-4-5-7-9(8(6)11-2)14-10(12-3)13-7/h4-5,10H,1-3H3. The number of rotatable bonds is 2. The lowest BCUT2D eigenvalue weighted by molar-refractivity contribution is -0.158. The summed E-state index contributed by atoms with van der Waals surface area (Å²) >= 11 is 0. The summed E-state index contributed by atoms with van der Waals surface area (Å²) in [5.74, 6) is 1.96.